The van der Waals surface area contributed by atoms with Crippen LogP contribution in [0.4, 0.5) is 0 Å². The van der Waals surface area contributed by atoms with Gasteiger partial charge in [-0.2, -0.15) is 9.81 Å². The number of thiophene rings is 1. The highest BCUT2D eigenvalue weighted by Gasteiger charge is 2.14. The lowest BCUT2D eigenvalue weighted by molar-refractivity contribution is 0.0944. The largest absolute Gasteiger partial charge is 0.355 e. The van der Waals surface area contributed by atoms with Crippen LogP contribution < -0.4 is 5.32 Å². The molecule has 1 amide bonds. The number of nitrogens with one attached hydrogen (secondary N) is 1. The predicted molar refractivity (Wildman–Crippen MR) is 86.2 cm³/mol. The maximum atomic E-state index is 11.9. The van der Waals surface area contributed by atoms with Gasteiger partial charge in [0.25, 0.3) is 5.91 Å². The van der Waals surface area contributed by atoms with E-state index in [4.69, 9.17) is 4.52 Å². The van der Waals surface area contributed by atoms with Gasteiger partial charge in [-0.05, 0) is 30.7 Å². The average molecular weight is 336 g/mol. The van der Waals surface area contributed by atoms with Crippen molar-refractivity contribution in [3.63, 3.8) is 0 Å². The number of hydrogen-bond acceptors (Lipinski definition) is 8. The molecule has 1 atom stereocenters. The van der Waals surface area contributed by atoms with Gasteiger partial charge in [0, 0.05) is 12.6 Å². The number of aromatic nitrogens is 1. The maximum Gasteiger partial charge on any atom is 0.273 e. The second-order valence-corrected chi connectivity index (χ2v) is 5.82. The van der Waals surface area contributed by atoms with E-state index in [1.54, 1.807) is 6.07 Å². The standard InChI is InChI=1S/C14H16N4O4S/c19-14(15-6-2-1-4-10(17-21)9-16-20)11-8-12(22-18-11)13-5-3-7-23-13/h3,5,7-8,10H,1-2,4,6,9H2,(H,15,19)/t10-/m0/s1. The van der Waals surface area contributed by atoms with Crippen LogP contribution in [0.2, 0.25) is 0 Å². The van der Waals surface area contributed by atoms with Gasteiger partial charge in [0.2, 0.25) is 0 Å². The first-order chi connectivity index (χ1) is 11.2. The molecule has 2 heterocycles. The van der Waals surface area contributed by atoms with Crippen molar-refractivity contribution in [1.82, 2.24) is 10.5 Å². The quantitative estimate of drug-likeness (QED) is 0.528. The Morgan fingerprint density at radius 3 is 2.96 bits per heavy atom. The highest BCUT2D eigenvalue weighted by atomic mass is 32.1. The van der Waals surface area contributed by atoms with E-state index in [2.05, 4.69) is 20.8 Å². The summed E-state index contributed by atoms with van der Waals surface area (Å²) in [4.78, 5) is 33.3. The Bertz CT molecular complexity index is 641. The van der Waals surface area contributed by atoms with Crippen molar-refractivity contribution in [3.8, 4) is 10.6 Å². The van der Waals surface area contributed by atoms with Crippen LogP contribution in [0, 0.1) is 9.81 Å². The Morgan fingerprint density at radius 1 is 1.39 bits per heavy atom. The van der Waals surface area contributed by atoms with E-state index in [-0.39, 0.29) is 18.1 Å². The third-order valence-electron chi connectivity index (χ3n) is 3.19. The van der Waals surface area contributed by atoms with Crippen molar-refractivity contribution in [2.24, 2.45) is 10.4 Å². The minimum atomic E-state index is -0.577. The first-order valence-electron chi connectivity index (χ1n) is 7.15. The first-order valence-corrected chi connectivity index (χ1v) is 8.03. The van der Waals surface area contributed by atoms with Crippen LogP contribution in [0.25, 0.3) is 10.6 Å². The lowest BCUT2D eigenvalue weighted by atomic mass is 10.1. The zero-order chi connectivity index (χ0) is 16.5. The number of nitrogens with zero attached hydrogens (tertiary/aromatic N) is 3. The van der Waals surface area contributed by atoms with Gasteiger partial charge in [0.1, 0.15) is 12.6 Å². The molecule has 2 aromatic rings. The van der Waals surface area contributed by atoms with Gasteiger partial charge in [-0.25, -0.2) is 0 Å². The van der Waals surface area contributed by atoms with Gasteiger partial charge < -0.3 is 9.84 Å². The van der Waals surface area contributed by atoms with Crippen molar-refractivity contribution in [2.75, 3.05) is 13.1 Å². The Balaban J connectivity index is 1.71. The molecule has 0 saturated heterocycles. The monoisotopic (exact) mass is 336 g/mol. The zero-order valence-corrected chi connectivity index (χ0v) is 13.1. The molecule has 0 radical (unpaired) electrons. The SMILES string of the molecule is O=NC[C@H](CCCCNC(=O)c1cc(-c2cccs2)on1)N=O. The van der Waals surface area contributed by atoms with Crippen LogP contribution in [0.15, 0.2) is 38.5 Å². The third kappa shape index (κ3) is 5.06. The Kier molecular flexibility index (Phi) is 6.55. The normalized spacial score (nSPS) is 11.8. The molecule has 0 fully saturated rings. The predicted octanol–water partition coefficient (Wildman–Crippen LogP) is 3.20. The van der Waals surface area contributed by atoms with Crippen LogP contribution in [-0.4, -0.2) is 30.2 Å². The molecule has 0 aliphatic rings. The minimum Gasteiger partial charge on any atom is -0.355 e. The Hall–Kier alpha value is -2.42. The van der Waals surface area contributed by atoms with Crippen molar-refractivity contribution >= 4 is 17.2 Å². The van der Waals surface area contributed by atoms with E-state index >= 15 is 0 Å². The maximum absolute atomic E-state index is 11.9. The van der Waals surface area contributed by atoms with Crippen molar-refractivity contribution in [2.45, 2.75) is 25.3 Å². The molecule has 0 aliphatic carbocycles. The van der Waals surface area contributed by atoms with Crippen molar-refractivity contribution in [1.29, 1.82) is 0 Å². The van der Waals surface area contributed by atoms with E-state index in [9.17, 15) is 14.6 Å². The van der Waals surface area contributed by atoms with Crippen LogP contribution in [-0.2, 0) is 0 Å². The summed E-state index contributed by atoms with van der Waals surface area (Å²) in [5.74, 6) is 0.252. The number of unbranched alkanes of at least 4 members (excludes halogenated alkanes) is 1. The number of rotatable bonds is 10. The van der Waals surface area contributed by atoms with Gasteiger partial charge >= 0.3 is 0 Å². The summed E-state index contributed by atoms with van der Waals surface area (Å²) in [5, 5.41) is 13.9. The molecule has 8 nitrogen and oxygen atoms in total. The van der Waals surface area contributed by atoms with Crippen LogP contribution in [0.5, 0.6) is 0 Å². The van der Waals surface area contributed by atoms with Crippen LogP contribution in [0.3, 0.4) is 0 Å². The summed E-state index contributed by atoms with van der Waals surface area (Å²) in [5.41, 5.74) is 0.228. The smallest absolute Gasteiger partial charge is 0.273 e. The number of nitroso groups, excluding NO2 is 2. The van der Waals surface area contributed by atoms with Crippen molar-refractivity contribution in [3.05, 3.63) is 39.1 Å². The number of hydrogen-bond donors (Lipinski definition) is 1. The molecule has 2 rings (SSSR count). The average Bonchev–Trinajstić information content (AvgIpc) is 3.23. The minimum absolute atomic E-state index is 0.0969. The Labute approximate surface area is 136 Å². The molecule has 0 aliphatic heterocycles. The number of carbonyl (C=O) groups is 1. The summed E-state index contributed by atoms with van der Waals surface area (Å²) >= 11 is 1.50. The van der Waals surface area contributed by atoms with Crippen LogP contribution in [0.1, 0.15) is 29.8 Å². The van der Waals surface area contributed by atoms with E-state index in [1.807, 2.05) is 17.5 Å². The molecule has 0 spiro atoms. The molecule has 0 unspecified atom stereocenters. The molecule has 122 valence electrons. The highest BCUT2D eigenvalue weighted by molar-refractivity contribution is 7.13. The number of amides is 1. The van der Waals surface area contributed by atoms with Gasteiger partial charge in [-0.3, -0.25) is 4.79 Å². The topological polar surface area (TPSA) is 114 Å². The highest BCUT2D eigenvalue weighted by Crippen LogP contribution is 2.24. The second-order valence-electron chi connectivity index (χ2n) is 4.88. The van der Waals surface area contributed by atoms with Gasteiger partial charge in [0.15, 0.2) is 11.5 Å². The molecule has 23 heavy (non-hydrogen) atoms. The Morgan fingerprint density at radius 2 is 2.26 bits per heavy atom. The van der Waals surface area contributed by atoms with Gasteiger partial charge in [-0.1, -0.05) is 21.6 Å². The fourth-order valence-corrected chi connectivity index (χ4v) is 2.65. The molecule has 1 N–H and O–H groups in total. The summed E-state index contributed by atoms with van der Waals surface area (Å²) < 4.78 is 5.14. The molecule has 0 bridgehead atoms. The summed E-state index contributed by atoms with van der Waals surface area (Å²) in [6.45, 7) is 0.348. The third-order valence-corrected chi connectivity index (χ3v) is 4.08. The molecule has 0 saturated carbocycles. The molecule has 2 aromatic heterocycles. The second kappa shape index (κ2) is 8.89. The van der Waals surface area contributed by atoms with Gasteiger partial charge in [0.05, 0.1) is 4.88 Å². The van der Waals surface area contributed by atoms with E-state index in [1.165, 1.54) is 11.3 Å². The van der Waals surface area contributed by atoms with Gasteiger partial charge in [-0.15, -0.1) is 11.3 Å². The lowest BCUT2D eigenvalue weighted by Gasteiger charge is -2.05. The zero-order valence-electron chi connectivity index (χ0n) is 12.3. The van der Waals surface area contributed by atoms with E-state index < -0.39 is 6.04 Å². The molecular formula is C14H16N4O4S. The number of carbonyl (C=O) groups excluding carboxylic acids is 1. The van der Waals surface area contributed by atoms with E-state index in [0.29, 0.717) is 31.6 Å². The lowest BCUT2D eigenvalue weighted by Crippen LogP contribution is -2.24. The molecule has 9 heteroatoms. The fraction of sp³-hybridized carbons (Fsp3) is 0.429. The first kappa shape index (κ1) is 16.9. The summed E-state index contributed by atoms with van der Waals surface area (Å²) in [7, 11) is 0. The van der Waals surface area contributed by atoms with E-state index in [0.717, 1.165) is 4.88 Å². The summed E-state index contributed by atoms with van der Waals surface area (Å²) in [6.07, 6.45) is 1.83. The molecule has 0 aromatic carbocycles. The molecular weight excluding hydrogens is 320 g/mol. The van der Waals surface area contributed by atoms with Crippen molar-refractivity contribution < 1.29 is 9.32 Å². The van der Waals surface area contributed by atoms with Crippen LogP contribution >= 0.6 is 11.3 Å². The summed E-state index contributed by atoms with van der Waals surface area (Å²) in [6, 6.07) is 4.80. The fourth-order valence-electron chi connectivity index (χ4n) is 1.98.